The van der Waals surface area contributed by atoms with Gasteiger partial charge in [0.25, 0.3) is 0 Å². The van der Waals surface area contributed by atoms with Crippen molar-refractivity contribution >= 4 is 17.7 Å². The second-order valence-electron chi connectivity index (χ2n) is 6.22. The number of carbonyl (C=O) groups is 1. The molecule has 1 aromatic rings. The van der Waals surface area contributed by atoms with Crippen molar-refractivity contribution in [1.29, 1.82) is 0 Å². The van der Waals surface area contributed by atoms with Gasteiger partial charge in [-0.25, -0.2) is 4.98 Å². The summed E-state index contributed by atoms with van der Waals surface area (Å²) < 4.78 is 1.70. The summed E-state index contributed by atoms with van der Waals surface area (Å²) in [6, 6.07) is 0. The first-order valence-electron chi connectivity index (χ1n) is 8.20. The molecule has 22 heavy (non-hydrogen) atoms. The van der Waals surface area contributed by atoms with Crippen LogP contribution in [-0.2, 0) is 11.3 Å². The SMILES string of the molecule is O=C(CCn1cncn1)NCC1(N2CCSCC2)CCCC1. The van der Waals surface area contributed by atoms with Gasteiger partial charge in [-0.3, -0.25) is 14.4 Å². The number of aryl methyl sites for hydroxylation is 1. The van der Waals surface area contributed by atoms with Crippen molar-refractivity contribution in [1.82, 2.24) is 25.0 Å². The fraction of sp³-hybridized carbons (Fsp3) is 0.800. The van der Waals surface area contributed by atoms with E-state index in [1.54, 1.807) is 11.0 Å². The summed E-state index contributed by atoms with van der Waals surface area (Å²) in [5.41, 5.74) is 0.212. The number of thioether (sulfide) groups is 1. The Morgan fingerprint density at radius 2 is 2.05 bits per heavy atom. The van der Waals surface area contributed by atoms with E-state index in [9.17, 15) is 4.79 Å². The van der Waals surface area contributed by atoms with Gasteiger partial charge in [0.1, 0.15) is 12.7 Å². The number of aromatic nitrogens is 3. The summed E-state index contributed by atoms with van der Waals surface area (Å²) in [5, 5.41) is 7.20. The van der Waals surface area contributed by atoms with Crippen LogP contribution in [0.3, 0.4) is 0 Å². The van der Waals surface area contributed by atoms with Crippen molar-refractivity contribution in [3.05, 3.63) is 12.7 Å². The normalized spacial score (nSPS) is 21.8. The Kier molecular flexibility index (Phi) is 5.36. The van der Waals surface area contributed by atoms with Gasteiger partial charge >= 0.3 is 0 Å². The maximum atomic E-state index is 12.1. The largest absolute Gasteiger partial charge is 0.354 e. The van der Waals surface area contributed by atoms with Gasteiger partial charge in [0, 0.05) is 43.1 Å². The van der Waals surface area contributed by atoms with Gasteiger partial charge in [-0.05, 0) is 12.8 Å². The Morgan fingerprint density at radius 1 is 1.27 bits per heavy atom. The molecule has 1 aromatic heterocycles. The monoisotopic (exact) mass is 323 g/mol. The summed E-state index contributed by atoms with van der Waals surface area (Å²) in [4.78, 5) is 18.7. The summed E-state index contributed by atoms with van der Waals surface area (Å²) in [7, 11) is 0. The Hall–Kier alpha value is -1.08. The zero-order chi connectivity index (χ0) is 15.3. The summed E-state index contributed by atoms with van der Waals surface area (Å²) in [6.07, 6.45) is 8.64. The van der Waals surface area contributed by atoms with Crippen molar-refractivity contribution in [2.75, 3.05) is 31.1 Å². The van der Waals surface area contributed by atoms with Crippen LogP contribution in [0, 0.1) is 0 Å². The summed E-state index contributed by atoms with van der Waals surface area (Å²) in [5.74, 6) is 2.57. The van der Waals surface area contributed by atoms with Crippen LogP contribution in [-0.4, -0.2) is 62.3 Å². The fourth-order valence-electron chi connectivity index (χ4n) is 3.59. The second-order valence-corrected chi connectivity index (χ2v) is 7.44. The maximum Gasteiger partial charge on any atom is 0.221 e. The van der Waals surface area contributed by atoms with Gasteiger partial charge in [-0.1, -0.05) is 12.8 Å². The van der Waals surface area contributed by atoms with Gasteiger partial charge in [-0.2, -0.15) is 16.9 Å². The van der Waals surface area contributed by atoms with E-state index < -0.39 is 0 Å². The standard InChI is InChI=1S/C15H25N5OS/c21-14(3-6-20-13-16-12-18-20)17-11-15(4-1-2-5-15)19-7-9-22-10-8-19/h12-13H,1-11H2,(H,17,21). The van der Waals surface area contributed by atoms with Crippen LogP contribution in [0.2, 0.25) is 0 Å². The molecule has 1 amide bonds. The minimum absolute atomic E-state index is 0.119. The molecule has 2 aliphatic rings. The highest BCUT2D eigenvalue weighted by Gasteiger charge is 2.40. The Balaban J connectivity index is 1.49. The molecule has 6 nitrogen and oxygen atoms in total. The van der Waals surface area contributed by atoms with Gasteiger partial charge in [0.05, 0.1) is 6.54 Å². The number of nitrogens with zero attached hydrogens (tertiary/aromatic N) is 4. The first kappa shape index (κ1) is 15.8. The van der Waals surface area contributed by atoms with E-state index in [1.165, 1.54) is 56.6 Å². The number of hydrogen-bond acceptors (Lipinski definition) is 5. The van der Waals surface area contributed by atoms with Crippen LogP contribution in [0.25, 0.3) is 0 Å². The molecule has 0 bridgehead atoms. The highest BCUT2D eigenvalue weighted by molar-refractivity contribution is 7.99. The molecule has 1 aliphatic carbocycles. The molecule has 0 spiro atoms. The van der Waals surface area contributed by atoms with Crippen LogP contribution in [0.5, 0.6) is 0 Å². The first-order valence-corrected chi connectivity index (χ1v) is 9.36. The van der Waals surface area contributed by atoms with Crippen molar-refractivity contribution in [2.24, 2.45) is 0 Å². The lowest BCUT2D eigenvalue weighted by molar-refractivity contribution is -0.122. The van der Waals surface area contributed by atoms with E-state index in [4.69, 9.17) is 0 Å². The fourth-order valence-corrected chi connectivity index (χ4v) is 4.49. The smallest absolute Gasteiger partial charge is 0.221 e. The molecule has 2 heterocycles. The van der Waals surface area contributed by atoms with Crippen LogP contribution < -0.4 is 5.32 Å². The van der Waals surface area contributed by atoms with Gasteiger partial charge in [-0.15, -0.1) is 0 Å². The molecule has 0 atom stereocenters. The average Bonchev–Trinajstić information content (AvgIpc) is 3.24. The molecule has 1 N–H and O–H groups in total. The molecule has 7 heteroatoms. The highest BCUT2D eigenvalue weighted by Crippen LogP contribution is 2.36. The molecule has 0 unspecified atom stereocenters. The molecular weight excluding hydrogens is 298 g/mol. The molecule has 1 saturated heterocycles. The molecule has 1 saturated carbocycles. The molecule has 2 fully saturated rings. The van der Waals surface area contributed by atoms with Gasteiger partial charge < -0.3 is 5.32 Å². The van der Waals surface area contributed by atoms with E-state index >= 15 is 0 Å². The zero-order valence-electron chi connectivity index (χ0n) is 13.0. The predicted octanol–water partition coefficient (Wildman–Crippen LogP) is 1.15. The van der Waals surface area contributed by atoms with E-state index in [-0.39, 0.29) is 11.4 Å². The van der Waals surface area contributed by atoms with E-state index in [0.29, 0.717) is 13.0 Å². The second kappa shape index (κ2) is 7.46. The van der Waals surface area contributed by atoms with Crippen LogP contribution in [0.1, 0.15) is 32.1 Å². The molecule has 0 radical (unpaired) electrons. The van der Waals surface area contributed by atoms with Crippen molar-refractivity contribution in [2.45, 2.75) is 44.2 Å². The van der Waals surface area contributed by atoms with Crippen LogP contribution in [0.15, 0.2) is 12.7 Å². The minimum atomic E-state index is 0.119. The van der Waals surface area contributed by atoms with Crippen LogP contribution >= 0.6 is 11.8 Å². The molecule has 122 valence electrons. The zero-order valence-corrected chi connectivity index (χ0v) is 13.9. The van der Waals surface area contributed by atoms with Crippen LogP contribution in [0.4, 0.5) is 0 Å². The summed E-state index contributed by atoms with van der Waals surface area (Å²) >= 11 is 2.04. The third kappa shape index (κ3) is 3.81. The third-order valence-electron chi connectivity index (χ3n) is 4.87. The van der Waals surface area contributed by atoms with E-state index in [2.05, 4.69) is 20.3 Å². The number of hydrogen-bond donors (Lipinski definition) is 1. The van der Waals surface area contributed by atoms with E-state index in [1.807, 2.05) is 11.8 Å². The van der Waals surface area contributed by atoms with Crippen molar-refractivity contribution in [3.63, 3.8) is 0 Å². The Labute approximate surface area is 136 Å². The highest BCUT2D eigenvalue weighted by atomic mass is 32.2. The lowest BCUT2D eigenvalue weighted by Crippen LogP contribution is -2.56. The quantitative estimate of drug-likeness (QED) is 0.851. The first-order chi connectivity index (χ1) is 10.8. The van der Waals surface area contributed by atoms with Gasteiger partial charge in [0.15, 0.2) is 0 Å². The number of rotatable bonds is 6. The van der Waals surface area contributed by atoms with E-state index in [0.717, 1.165) is 6.54 Å². The number of nitrogens with one attached hydrogen (secondary N) is 1. The number of carbonyl (C=O) groups excluding carboxylic acids is 1. The lowest BCUT2D eigenvalue weighted by atomic mass is 9.94. The molecule has 0 aromatic carbocycles. The molecule has 3 rings (SSSR count). The topological polar surface area (TPSA) is 63.1 Å². The number of amides is 1. The Morgan fingerprint density at radius 3 is 2.73 bits per heavy atom. The average molecular weight is 323 g/mol. The minimum Gasteiger partial charge on any atom is -0.354 e. The summed E-state index contributed by atoms with van der Waals surface area (Å²) in [6.45, 7) is 3.73. The lowest BCUT2D eigenvalue weighted by Gasteiger charge is -2.43. The predicted molar refractivity (Wildman–Crippen MR) is 87.7 cm³/mol. The molecule has 1 aliphatic heterocycles. The third-order valence-corrected chi connectivity index (χ3v) is 5.81. The molecular formula is C15H25N5OS. The van der Waals surface area contributed by atoms with Gasteiger partial charge in [0.2, 0.25) is 5.91 Å². The van der Waals surface area contributed by atoms with Crippen molar-refractivity contribution < 1.29 is 4.79 Å². The Bertz CT molecular complexity index is 466. The van der Waals surface area contributed by atoms with Crippen molar-refractivity contribution in [3.8, 4) is 0 Å². The maximum absolute atomic E-state index is 12.1.